The molecule has 2 saturated carbocycles. The maximum atomic E-state index is 13.7. The summed E-state index contributed by atoms with van der Waals surface area (Å²) in [6.45, 7) is 5.89. The highest BCUT2D eigenvalue weighted by atomic mass is 19.4. The van der Waals surface area contributed by atoms with E-state index in [4.69, 9.17) is 0 Å². The van der Waals surface area contributed by atoms with Gasteiger partial charge in [-0.2, -0.15) is 13.2 Å². The first-order valence-electron chi connectivity index (χ1n) is 12.6. The molecule has 4 rings (SSSR count). The Balaban J connectivity index is 1.62. The van der Waals surface area contributed by atoms with Crippen LogP contribution in [-0.4, -0.2) is 54.2 Å². The van der Waals surface area contributed by atoms with Crippen molar-refractivity contribution in [2.45, 2.75) is 63.2 Å². The Bertz CT molecular complexity index is 1160. The fourth-order valence-electron chi connectivity index (χ4n) is 4.75. The van der Waals surface area contributed by atoms with Gasteiger partial charge < -0.3 is 15.5 Å². The number of carbonyl (C=O) groups excluding carboxylic acids is 1. The summed E-state index contributed by atoms with van der Waals surface area (Å²) in [5.74, 6) is 0.115. The number of alkyl halides is 3. The number of nitrogens with one attached hydrogen (secondary N) is 2. The van der Waals surface area contributed by atoms with Gasteiger partial charge in [0.05, 0.1) is 17.0 Å². The van der Waals surface area contributed by atoms with Gasteiger partial charge in [-0.05, 0) is 77.8 Å². The molecule has 5 nitrogen and oxygen atoms in total. The van der Waals surface area contributed by atoms with Crippen LogP contribution in [0.4, 0.5) is 18.9 Å². The molecule has 0 spiro atoms. The van der Waals surface area contributed by atoms with E-state index in [9.17, 15) is 18.0 Å². The third-order valence-corrected chi connectivity index (χ3v) is 7.66. The molecule has 2 fully saturated rings. The summed E-state index contributed by atoms with van der Waals surface area (Å²) in [5.41, 5.74) is 0.198. The number of halogens is 3. The van der Waals surface area contributed by atoms with Crippen molar-refractivity contribution in [3.8, 4) is 0 Å². The van der Waals surface area contributed by atoms with Crippen LogP contribution in [0.25, 0.3) is 22.4 Å². The topological polar surface area (TPSA) is 57.3 Å². The van der Waals surface area contributed by atoms with Gasteiger partial charge in [0, 0.05) is 40.5 Å². The predicted octanol–water partition coefficient (Wildman–Crippen LogP) is 6.02. The van der Waals surface area contributed by atoms with Crippen molar-refractivity contribution in [1.82, 2.24) is 15.2 Å². The molecule has 0 atom stereocenters. The molecule has 2 aromatic rings. The molecule has 1 aromatic carbocycles. The lowest BCUT2D eigenvalue weighted by Crippen LogP contribution is -2.46. The number of fused-ring (bicyclic) bond motifs is 1. The van der Waals surface area contributed by atoms with Crippen molar-refractivity contribution < 1.29 is 18.0 Å². The minimum absolute atomic E-state index is 0.0154. The van der Waals surface area contributed by atoms with Gasteiger partial charge in [0.25, 0.3) is 0 Å². The lowest BCUT2D eigenvalue weighted by atomic mass is 9.80. The summed E-state index contributed by atoms with van der Waals surface area (Å²) in [6, 6.07) is 7.37. The molecular weight excluding hydrogens is 465 g/mol. The molecule has 0 radical (unpaired) electrons. The third-order valence-electron chi connectivity index (χ3n) is 7.66. The smallest absolute Gasteiger partial charge is 0.382 e. The summed E-state index contributed by atoms with van der Waals surface area (Å²) < 4.78 is 41.0. The Labute approximate surface area is 210 Å². The van der Waals surface area contributed by atoms with Crippen LogP contribution in [0.15, 0.2) is 36.9 Å². The van der Waals surface area contributed by atoms with Crippen LogP contribution < -0.4 is 10.6 Å². The molecule has 0 bridgehead atoms. The number of benzene rings is 1. The normalized spacial score (nSPS) is 22.8. The van der Waals surface area contributed by atoms with Crippen LogP contribution in [-0.2, 0) is 4.79 Å². The number of aromatic nitrogens is 1. The summed E-state index contributed by atoms with van der Waals surface area (Å²) in [6.07, 6.45) is 4.64. The molecule has 2 N–H and O–H groups in total. The molecule has 1 amide bonds. The van der Waals surface area contributed by atoms with Gasteiger partial charge in [-0.3, -0.25) is 4.79 Å². The highest BCUT2D eigenvalue weighted by molar-refractivity contribution is 6.00. The van der Waals surface area contributed by atoms with Gasteiger partial charge in [-0.25, -0.2) is 4.98 Å². The highest BCUT2D eigenvalue weighted by Gasteiger charge is 2.36. The van der Waals surface area contributed by atoms with E-state index in [1.54, 1.807) is 30.4 Å². The van der Waals surface area contributed by atoms with Crippen molar-refractivity contribution >= 4 is 34.0 Å². The van der Waals surface area contributed by atoms with Crippen LogP contribution in [0.2, 0.25) is 0 Å². The van der Waals surface area contributed by atoms with E-state index in [1.165, 1.54) is 0 Å². The molecule has 0 aliphatic heterocycles. The molecule has 0 unspecified atom stereocenters. The van der Waals surface area contributed by atoms with Crippen LogP contribution in [0.1, 0.15) is 56.8 Å². The zero-order chi connectivity index (χ0) is 26.1. The number of allylic oxidation sites excluding steroid dienone is 1. The fourth-order valence-corrected chi connectivity index (χ4v) is 4.75. The Morgan fingerprint density at radius 1 is 1.19 bits per heavy atom. The van der Waals surface area contributed by atoms with E-state index in [-0.39, 0.29) is 29.1 Å². The number of hydrogen-bond donors (Lipinski definition) is 2. The number of hydrogen-bond acceptors (Lipinski definition) is 4. The summed E-state index contributed by atoms with van der Waals surface area (Å²) in [4.78, 5) is 18.4. The van der Waals surface area contributed by atoms with E-state index >= 15 is 0 Å². The fraction of sp³-hybridized carbons (Fsp3) is 0.500. The van der Waals surface area contributed by atoms with E-state index in [0.29, 0.717) is 23.0 Å². The molecular formula is C28H35F3N4O. The zero-order valence-corrected chi connectivity index (χ0v) is 21.2. The molecule has 0 saturated heterocycles. The van der Waals surface area contributed by atoms with Gasteiger partial charge >= 0.3 is 6.18 Å². The number of amides is 1. The minimum atomic E-state index is -4.59. The zero-order valence-electron chi connectivity index (χ0n) is 21.2. The maximum absolute atomic E-state index is 13.7. The number of carbonyl (C=O) groups is 1. The van der Waals surface area contributed by atoms with Gasteiger partial charge in [0.15, 0.2) is 0 Å². The molecule has 36 heavy (non-hydrogen) atoms. The number of anilines is 1. The minimum Gasteiger partial charge on any atom is -0.382 e. The number of rotatable bonds is 8. The highest BCUT2D eigenvalue weighted by Crippen LogP contribution is 2.38. The second-order valence-electron chi connectivity index (χ2n) is 10.5. The van der Waals surface area contributed by atoms with E-state index in [0.717, 1.165) is 44.2 Å². The SMILES string of the molecule is C=C(c1nc(/C=C/CNC(=O)C2CC2)cc2c(NC3CCC(C)(N(C)C)CC3)cccc12)C(F)(F)F. The van der Waals surface area contributed by atoms with Gasteiger partial charge in [-0.15, -0.1) is 0 Å². The summed E-state index contributed by atoms with van der Waals surface area (Å²) in [5, 5.41) is 7.51. The second kappa shape index (κ2) is 10.2. The third kappa shape index (κ3) is 5.91. The van der Waals surface area contributed by atoms with Gasteiger partial charge in [0.1, 0.15) is 0 Å². The van der Waals surface area contributed by atoms with Gasteiger partial charge in [-0.1, -0.05) is 24.8 Å². The predicted molar refractivity (Wildman–Crippen MR) is 140 cm³/mol. The van der Waals surface area contributed by atoms with Crippen molar-refractivity contribution in [2.75, 3.05) is 26.0 Å². The van der Waals surface area contributed by atoms with Crippen LogP contribution in [0, 0.1) is 5.92 Å². The molecule has 194 valence electrons. The van der Waals surface area contributed by atoms with Crippen molar-refractivity contribution in [3.63, 3.8) is 0 Å². The number of pyridine rings is 1. The molecule has 8 heteroatoms. The Hall–Kier alpha value is -2.87. The standard InChI is InChI=1S/C28H35F3N4O/c1-18(28(29,30)31)25-22-8-5-9-24(33-20-12-14-27(2,15-13-20)35(3)4)23(22)17-21(34-25)7-6-16-32-26(36)19-10-11-19/h5-9,17,19-20,33H,1,10-16H2,2-4H3,(H,32,36)/b7-6+. The maximum Gasteiger partial charge on any atom is 0.417 e. The lowest BCUT2D eigenvalue weighted by Gasteiger charge is -2.42. The summed E-state index contributed by atoms with van der Waals surface area (Å²) in [7, 11) is 4.21. The van der Waals surface area contributed by atoms with E-state index in [2.05, 4.69) is 48.1 Å². The van der Waals surface area contributed by atoms with E-state index in [1.807, 2.05) is 6.07 Å². The second-order valence-corrected chi connectivity index (χ2v) is 10.5. The van der Waals surface area contributed by atoms with E-state index < -0.39 is 11.7 Å². The monoisotopic (exact) mass is 500 g/mol. The molecule has 2 aliphatic carbocycles. The number of nitrogens with zero attached hydrogens (tertiary/aromatic N) is 2. The van der Waals surface area contributed by atoms with Crippen molar-refractivity contribution in [3.05, 3.63) is 48.3 Å². The molecule has 2 aliphatic rings. The first kappa shape index (κ1) is 26.2. The lowest BCUT2D eigenvalue weighted by molar-refractivity contribution is -0.122. The van der Waals surface area contributed by atoms with Crippen molar-refractivity contribution in [2.24, 2.45) is 5.92 Å². The molecule has 1 aromatic heterocycles. The largest absolute Gasteiger partial charge is 0.417 e. The first-order chi connectivity index (χ1) is 17.0. The Morgan fingerprint density at radius 2 is 1.89 bits per heavy atom. The average molecular weight is 501 g/mol. The quantitative estimate of drug-likeness (QED) is 0.465. The average Bonchev–Trinajstić information content (AvgIpc) is 3.67. The van der Waals surface area contributed by atoms with Crippen LogP contribution >= 0.6 is 0 Å². The Morgan fingerprint density at radius 3 is 2.50 bits per heavy atom. The first-order valence-corrected chi connectivity index (χ1v) is 12.6. The van der Waals surface area contributed by atoms with Crippen molar-refractivity contribution in [1.29, 1.82) is 0 Å². The summed E-state index contributed by atoms with van der Waals surface area (Å²) >= 11 is 0. The Kier molecular flexibility index (Phi) is 7.46. The van der Waals surface area contributed by atoms with Crippen LogP contribution in [0.5, 0.6) is 0 Å². The van der Waals surface area contributed by atoms with Gasteiger partial charge in [0.2, 0.25) is 5.91 Å². The van der Waals surface area contributed by atoms with Crippen LogP contribution in [0.3, 0.4) is 0 Å². The molecule has 1 heterocycles.